The van der Waals surface area contributed by atoms with E-state index in [4.69, 9.17) is 19.2 Å². The number of carbonyl (C=O) groups is 1. The fourth-order valence-electron chi connectivity index (χ4n) is 3.55. The maximum Gasteiger partial charge on any atom is 0.408 e. The molecule has 2 bridgehead atoms. The van der Waals surface area contributed by atoms with Crippen LogP contribution in [0.3, 0.4) is 0 Å². The molecule has 0 unspecified atom stereocenters. The van der Waals surface area contributed by atoms with Crippen molar-refractivity contribution in [3.05, 3.63) is 48.4 Å². The third-order valence-corrected chi connectivity index (χ3v) is 6.98. The highest BCUT2D eigenvalue weighted by atomic mass is 28.3. The first-order valence-corrected chi connectivity index (χ1v) is 15.7. The molecule has 1 amide bonds. The smallest absolute Gasteiger partial charge is 0.408 e. The van der Waals surface area contributed by atoms with Gasteiger partial charge in [0, 0.05) is 26.4 Å². The molecular weight excluding hydrogens is 446 g/mol. The summed E-state index contributed by atoms with van der Waals surface area (Å²) >= 11 is 0. The number of ether oxygens (including phenoxy) is 3. The molecule has 8 heteroatoms. The minimum absolute atomic E-state index is 0.354. The van der Waals surface area contributed by atoms with Gasteiger partial charge in [0.05, 0.1) is 18.3 Å². The van der Waals surface area contributed by atoms with E-state index in [0.29, 0.717) is 26.4 Å². The van der Waals surface area contributed by atoms with E-state index in [9.17, 15) is 4.79 Å². The molecule has 0 radical (unpaired) electrons. The monoisotopic (exact) mass is 485 g/mol. The number of hydrogen-bond donors (Lipinski definition) is 1. The molecule has 1 N–H and O–H groups in total. The molecule has 0 aliphatic carbocycles. The lowest BCUT2D eigenvalue weighted by molar-refractivity contribution is 0.0492. The van der Waals surface area contributed by atoms with E-state index in [2.05, 4.69) is 37.1 Å². The van der Waals surface area contributed by atoms with Gasteiger partial charge in [-0.2, -0.15) is 0 Å². The topological polar surface area (TPSA) is 74.6 Å². The summed E-state index contributed by atoms with van der Waals surface area (Å²) < 4.78 is 19.6. The first-order valence-electron chi connectivity index (χ1n) is 12.0. The van der Waals surface area contributed by atoms with Gasteiger partial charge in [0.25, 0.3) is 0 Å². The molecule has 0 spiro atoms. The summed E-state index contributed by atoms with van der Waals surface area (Å²) in [4.78, 5) is 17.6. The van der Waals surface area contributed by atoms with Crippen LogP contribution in [0.25, 0.3) is 11.3 Å². The number of amides is 1. The van der Waals surface area contributed by atoms with Gasteiger partial charge >= 0.3 is 6.09 Å². The average molecular weight is 486 g/mol. The van der Waals surface area contributed by atoms with E-state index in [1.54, 1.807) is 0 Å². The Hall–Kier alpha value is -2.58. The van der Waals surface area contributed by atoms with Gasteiger partial charge in [0.1, 0.15) is 23.9 Å². The van der Waals surface area contributed by atoms with Crippen LogP contribution in [0.4, 0.5) is 4.79 Å². The molecule has 1 aliphatic heterocycles. The van der Waals surface area contributed by atoms with Gasteiger partial charge < -0.3 is 24.1 Å². The highest BCUT2D eigenvalue weighted by Crippen LogP contribution is 2.32. The molecule has 3 rings (SSSR count). The minimum Gasteiger partial charge on any atom is -0.493 e. The molecular formula is C26H39N3O4Si. The summed E-state index contributed by atoms with van der Waals surface area (Å²) in [6, 6.07) is 8.65. The largest absolute Gasteiger partial charge is 0.493 e. The third-order valence-electron chi connectivity index (χ3n) is 5.28. The van der Waals surface area contributed by atoms with Crippen LogP contribution in [0.1, 0.15) is 45.5 Å². The predicted octanol–water partition coefficient (Wildman–Crippen LogP) is 6.16. The SMILES string of the molecule is CC(C)(C)OC(=O)N[C@H]1C/C=C\CCOc2ccccc2-c2cn(COCC[Si](C)(C)C)c1n2. The van der Waals surface area contributed by atoms with E-state index < -0.39 is 19.8 Å². The second kappa shape index (κ2) is 11.2. The van der Waals surface area contributed by atoms with Crippen molar-refractivity contribution in [1.29, 1.82) is 0 Å². The third kappa shape index (κ3) is 8.02. The zero-order chi connectivity index (χ0) is 24.8. The van der Waals surface area contributed by atoms with Gasteiger partial charge in [0.2, 0.25) is 0 Å². The van der Waals surface area contributed by atoms with Crippen LogP contribution in [0.2, 0.25) is 25.7 Å². The van der Waals surface area contributed by atoms with E-state index in [1.807, 2.05) is 55.8 Å². The molecule has 2 heterocycles. The Morgan fingerprint density at radius 2 is 2.00 bits per heavy atom. The van der Waals surface area contributed by atoms with Crippen LogP contribution in [0.5, 0.6) is 5.75 Å². The van der Waals surface area contributed by atoms with Gasteiger partial charge in [-0.05, 0) is 51.8 Å². The van der Waals surface area contributed by atoms with Crippen molar-refractivity contribution >= 4 is 14.2 Å². The maximum atomic E-state index is 12.7. The molecule has 1 aromatic heterocycles. The number of benzene rings is 1. The summed E-state index contributed by atoms with van der Waals surface area (Å²) in [5.74, 6) is 1.53. The number of para-hydroxylation sites is 1. The Morgan fingerprint density at radius 3 is 2.74 bits per heavy atom. The average Bonchev–Trinajstić information content (AvgIpc) is 3.14. The number of hydrogen-bond acceptors (Lipinski definition) is 5. The summed E-state index contributed by atoms with van der Waals surface area (Å²) in [5, 5.41) is 3.03. The lowest BCUT2D eigenvalue weighted by Crippen LogP contribution is -2.36. The molecule has 2 aromatic rings. The standard InChI is InChI=1S/C26H39N3O4Si/c1-26(2,3)33-25(30)28-21-13-8-7-11-15-32-23-14-10-9-12-20(23)22-18-29(24(21)27-22)19-31-16-17-34(4,5)6/h7-10,12,14,18,21H,11,13,15-17,19H2,1-6H3,(H,28,30)/b8-7-/t21-/m0/s1. The molecule has 0 saturated heterocycles. The summed E-state index contributed by atoms with van der Waals surface area (Å²) in [5.41, 5.74) is 1.13. The molecule has 0 fully saturated rings. The normalized spacial score (nSPS) is 17.5. The van der Waals surface area contributed by atoms with E-state index in [0.717, 1.165) is 35.3 Å². The number of aromatic nitrogens is 2. The van der Waals surface area contributed by atoms with Crippen molar-refractivity contribution in [3.8, 4) is 17.0 Å². The number of rotatable bonds is 6. The van der Waals surface area contributed by atoms with Crippen molar-refractivity contribution in [1.82, 2.24) is 14.9 Å². The van der Waals surface area contributed by atoms with Gasteiger partial charge in [-0.15, -0.1) is 0 Å². The Kier molecular flexibility index (Phi) is 8.60. The Labute approximate surface area is 204 Å². The van der Waals surface area contributed by atoms with Crippen molar-refractivity contribution < 1.29 is 19.0 Å². The van der Waals surface area contributed by atoms with Crippen LogP contribution in [-0.4, -0.2) is 42.5 Å². The van der Waals surface area contributed by atoms with Crippen LogP contribution in [0, 0.1) is 0 Å². The van der Waals surface area contributed by atoms with E-state index in [1.165, 1.54) is 0 Å². The molecule has 1 atom stereocenters. The fraction of sp³-hybridized carbons (Fsp3) is 0.538. The zero-order valence-electron chi connectivity index (χ0n) is 21.4. The summed E-state index contributed by atoms with van der Waals surface area (Å²) in [7, 11) is -1.20. The molecule has 34 heavy (non-hydrogen) atoms. The van der Waals surface area contributed by atoms with Crippen molar-refractivity contribution in [2.75, 3.05) is 13.2 Å². The van der Waals surface area contributed by atoms with Crippen LogP contribution in [-0.2, 0) is 16.2 Å². The quantitative estimate of drug-likeness (QED) is 0.301. The van der Waals surface area contributed by atoms with Gasteiger partial charge in [-0.1, -0.05) is 43.9 Å². The number of fused-ring (bicyclic) bond motifs is 4. The van der Waals surface area contributed by atoms with Crippen molar-refractivity contribution in [2.45, 2.75) is 77.7 Å². The van der Waals surface area contributed by atoms with Gasteiger partial charge in [-0.25, -0.2) is 9.78 Å². The first kappa shape index (κ1) is 26.0. The lowest BCUT2D eigenvalue weighted by atomic mass is 10.1. The lowest BCUT2D eigenvalue weighted by Gasteiger charge is -2.23. The number of alkyl carbamates (subject to hydrolysis) is 1. The fourth-order valence-corrected chi connectivity index (χ4v) is 4.31. The maximum absolute atomic E-state index is 12.7. The summed E-state index contributed by atoms with van der Waals surface area (Å²) in [6.45, 7) is 14.2. The van der Waals surface area contributed by atoms with E-state index in [-0.39, 0.29) is 6.04 Å². The molecule has 186 valence electrons. The zero-order valence-corrected chi connectivity index (χ0v) is 22.4. The highest BCUT2D eigenvalue weighted by molar-refractivity contribution is 6.76. The molecule has 1 aromatic carbocycles. The second-order valence-corrected chi connectivity index (χ2v) is 16.5. The van der Waals surface area contributed by atoms with Gasteiger partial charge in [0.15, 0.2) is 0 Å². The van der Waals surface area contributed by atoms with Crippen LogP contribution >= 0.6 is 0 Å². The second-order valence-electron chi connectivity index (χ2n) is 10.8. The van der Waals surface area contributed by atoms with E-state index >= 15 is 0 Å². The number of carbonyl (C=O) groups excluding carboxylic acids is 1. The number of imidazole rings is 1. The molecule has 7 nitrogen and oxygen atoms in total. The number of nitrogens with zero attached hydrogens (tertiary/aromatic N) is 2. The Balaban J connectivity index is 1.94. The molecule has 1 aliphatic rings. The molecule has 0 saturated carbocycles. The van der Waals surface area contributed by atoms with Crippen molar-refractivity contribution in [2.24, 2.45) is 0 Å². The summed E-state index contributed by atoms with van der Waals surface area (Å²) in [6.07, 6.45) is 7.03. The van der Waals surface area contributed by atoms with Crippen molar-refractivity contribution in [3.63, 3.8) is 0 Å². The van der Waals surface area contributed by atoms with Crippen LogP contribution < -0.4 is 10.1 Å². The first-order chi connectivity index (χ1) is 16.0. The van der Waals surface area contributed by atoms with Gasteiger partial charge in [-0.3, -0.25) is 0 Å². The van der Waals surface area contributed by atoms with Crippen LogP contribution in [0.15, 0.2) is 42.6 Å². The highest BCUT2D eigenvalue weighted by Gasteiger charge is 2.25. The minimum atomic E-state index is -1.20. The Bertz CT molecular complexity index is 989. The predicted molar refractivity (Wildman–Crippen MR) is 138 cm³/mol. The number of nitrogens with one attached hydrogen (secondary N) is 1. The Morgan fingerprint density at radius 1 is 1.24 bits per heavy atom.